The first-order valence-corrected chi connectivity index (χ1v) is 8.41. The Hall–Kier alpha value is -1.13. The second-order valence-corrected chi connectivity index (χ2v) is 6.71. The van der Waals surface area contributed by atoms with Crippen molar-refractivity contribution in [3.63, 3.8) is 0 Å². The molecule has 0 heterocycles. The van der Waals surface area contributed by atoms with Crippen molar-refractivity contribution in [1.82, 2.24) is 4.90 Å². The average molecular weight is 411 g/mol. The Morgan fingerprint density at radius 3 is 2.52 bits per heavy atom. The van der Waals surface area contributed by atoms with Gasteiger partial charge in [0.25, 0.3) is 5.91 Å². The van der Waals surface area contributed by atoms with E-state index in [2.05, 4.69) is 44.0 Å². The molecule has 0 atom stereocenters. The van der Waals surface area contributed by atoms with Crippen LogP contribution in [0.3, 0.4) is 0 Å². The minimum Gasteiger partial charge on any atom is -0.342 e. The molecule has 110 valence electrons. The molecule has 0 aliphatic heterocycles. The van der Waals surface area contributed by atoms with Gasteiger partial charge in [-0.25, -0.2) is 0 Å². The van der Waals surface area contributed by atoms with Crippen LogP contribution in [0.4, 0.5) is 0 Å². The van der Waals surface area contributed by atoms with Gasteiger partial charge in [-0.05, 0) is 52.5 Å². The summed E-state index contributed by atoms with van der Waals surface area (Å²) in [5.74, 6) is 0.0382. The Morgan fingerprint density at radius 1 is 1.10 bits per heavy atom. The maximum Gasteiger partial charge on any atom is 0.254 e. The number of aryl methyl sites for hydroxylation is 1. The molecule has 0 saturated carbocycles. The van der Waals surface area contributed by atoms with Crippen LogP contribution in [0.1, 0.15) is 22.3 Å². The van der Waals surface area contributed by atoms with E-state index in [1.807, 2.05) is 43.4 Å². The van der Waals surface area contributed by atoms with E-state index in [0.717, 1.165) is 28.3 Å². The predicted octanol–water partition coefficient (Wildman–Crippen LogP) is 4.92. The molecular weight excluding hydrogens is 394 g/mol. The normalized spacial score (nSPS) is 10.4. The quantitative estimate of drug-likeness (QED) is 0.685. The zero-order valence-corrected chi connectivity index (χ0v) is 15.0. The minimum absolute atomic E-state index is 0.0382. The highest BCUT2D eigenvalue weighted by atomic mass is 79.9. The molecule has 0 spiro atoms. The summed E-state index contributed by atoms with van der Waals surface area (Å²) in [5.41, 5.74) is 1.99. The Balaban J connectivity index is 1.92. The smallest absolute Gasteiger partial charge is 0.254 e. The summed E-state index contributed by atoms with van der Waals surface area (Å²) in [7, 11) is 1.85. The number of hydrogen-bond donors (Lipinski definition) is 0. The van der Waals surface area contributed by atoms with Gasteiger partial charge >= 0.3 is 0 Å². The van der Waals surface area contributed by atoms with Gasteiger partial charge in [0.05, 0.1) is 5.56 Å². The molecule has 0 unspecified atom stereocenters. The number of rotatable bonds is 5. The fourth-order valence-electron chi connectivity index (χ4n) is 2.13. The van der Waals surface area contributed by atoms with Gasteiger partial charge in [-0.1, -0.05) is 46.3 Å². The third-order valence-electron chi connectivity index (χ3n) is 3.31. The van der Waals surface area contributed by atoms with Gasteiger partial charge in [-0.2, -0.15) is 0 Å². The van der Waals surface area contributed by atoms with Crippen molar-refractivity contribution >= 4 is 37.8 Å². The number of amides is 1. The fraction of sp³-hybridized carbons (Fsp3) is 0.235. The third-order valence-corrected chi connectivity index (χ3v) is 4.49. The van der Waals surface area contributed by atoms with Gasteiger partial charge < -0.3 is 4.90 Å². The summed E-state index contributed by atoms with van der Waals surface area (Å²) in [4.78, 5) is 14.2. The Bertz CT molecular complexity index is 613. The van der Waals surface area contributed by atoms with Crippen molar-refractivity contribution in [1.29, 1.82) is 0 Å². The molecule has 0 radical (unpaired) electrons. The van der Waals surface area contributed by atoms with Crippen LogP contribution in [-0.2, 0) is 6.42 Å². The summed E-state index contributed by atoms with van der Waals surface area (Å²) in [6.45, 7) is 0.743. The molecule has 0 aliphatic rings. The number of nitrogens with zero attached hydrogens (tertiary/aromatic N) is 1. The van der Waals surface area contributed by atoms with Crippen molar-refractivity contribution in [2.24, 2.45) is 0 Å². The van der Waals surface area contributed by atoms with Crippen LogP contribution in [0.2, 0.25) is 0 Å². The van der Waals surface area contributed by atoms with Gasteiger partial charge in [-0.15, -0.1) is 0 Å². The number of hydrogen-bond acceptors (Lipinski definition) is 1. The summed E-state index contributed by atoms with van der Waals surface area (Å²) in [6, 6.07) is 16.0. The largest absolute Gasteiger partial charge is 0.342 e. The van der Waals surface area contributed by atoms with Crippen LogP contribution in [0.25, 0.3) is 0 Å². The van der Waals surface area contributed by atoms with Crippen LogP contribution in [0, 0.1) is 0 Å². The molecule has 0 bridgehead atoms. The second kappa shape index (κ2) is 7.76. The zero-order chi connectivity index (χ0) is 15.2. The second-order valence-electron chi connectivity index (χ2n) is 4.94. The van der Waals surface area contributed by atoms with Crippen LogP contribution >= 0.6 is 31.9 Å². The van der Waals surface area contributed by atoms with Crippen molar-refractivity contribution in [2.45, 2.75) is 12.8 Å². The highest BCUT2D eigenvalue weighted by molar-refractivity contribution is 9.11. The Morgan fingerprint density at radius 2 is 1.81 bits per heavy atom. The molecule has 0 N–H and O–H groups in total. The van der Waals surface area contributed by atoms with E-state index in [-0.39, 0.29) is 5.91 Å². The molecule has 0 saturated heterocycles. The lowest BCUT2D eigenvalue weighted by atomic mass is 10.1. The number of halogens is 2. The van der Waals surface area contributed by atoms with Gasteiger partial charge in [0.2, 0.25) is 0 Å². The van der Waals surface area contributed by atoms with E-state index >= 15 is 0 Å². The Kier molecular flexibility index (Phi) is 6.00. The van der Waals surface area contributed by atoms with E-state index in [1.54, 1.807) is 4.90 Å². The van der Waals surface area contributed by atoms with Crippen molar-refractivity contribution in [3.8, 4) is 0 Å². The predicted molar refractivity (Wildman–Crippen MR) is 93.6 cm³/mol. The average Bonchev–Trinajstić information content (AvgIpc) is 2.50. The molecular formula is C17H17Br2NO. The molecule has 2 rings (SSSR count). The summed E-state index contributed by atoms with van der Waals surface area (Å²) in [5, 5.41) is 0. The highest BCUT2D eigenvalue weighted by Gasteiger charge is 2.14. The molecule has 2 aromatic carbocycles. The lowest BCUT2D eigenvalue weighted by Gasteiger charge is -2.18. The van der Waals surface area contributed by atoms with E-state index in [1.165, 1.54) is 5.56 Å². The van der Waals surface area contributed by atoms with E-state index in [0.29, 0.717) is 5.56 Å². The standard InChI is InChI=1S/C17H17Br2NO/c1-20(11-5-8-13-6-3-2-4-7-13)17(21)15-12-14(18)9-10-16(15)19/h2-4,6-7,9-10,12H,5,8,11H2,1H3. The lowest BCUT2D eigenvalue weighted by Crippen LogP contribution is -2.28. The number of benzene rings is 2. The first kappa shape index (κ1) is 16.2. The number of carbonyl (C=O) groups excluding carboxylic acids is 1. The zero-order valence-electron chi connectivity index (χ0n) is 11.9. The summed E-state index contributed by atoms with van der Waals surface area (Å²) < 4.78 is 1.73. The van der Waals surface area contributed by atoms with Crippen molar-refractivity contribution in [2.75, 3.05) is 13.6 Å². The van der Waals surface area contributed by atoms with Crippen LogP contribution in [0.15, 0.2) is 57.5 Å². The molecule has 0 aromatic heterocycles. The van der Waals surface area contributed by atoms with Crippen molar-refractivity contribution in [3.05, 3.63) is 68.6 Å². The molecule has 21 heavy (non-hydrogen) atoms. The molecule has 4 heteroatoms. The minimum atomic E-state index is 0.0382. The molecule has 2 aromatic rings. The van der Waals surface area contributed by atoms with Crippen molar-refractivity contribution < 1.29 is 4.79 Å². The van der Waals surface area contributed by atoms with Gasteiger partial charge in [0.15, 0.2) is 0 Å². The van der Waals surface area contributed by atoms with Crippen LogP contribution in [-0.4, -0.2) is 24.4 Å². The van der Waals surface area contributed by atoms with Gasteiger partial charge in [0.1, 0.15) is 0 Å². The lowest BCUT2D eigenvalue weighted by molar-refractivity contribution is 0.0792. The van der Waals surface area contributed by atoms with Crippen LogP contribution in [0.5, 0.6) is 0 Å². The molecule has 0 aliphatic carbocycles. The molecule has 2 nitrogen and oxygen atoms in total. The first-order valence-electron chi connectivity index (χ1n) is 6.82. The molecule has 0 fully saturated rings. The Labute approximate surface area is 142 Å². The topological polar surface area (TPSA) is 20.3 Å². The SMILES string of the molecule is CN(CCCc1ccccc1)C(=O)c1cc(Br)ccc1Br. The third kappa shape index (κ3) is 4.68. The van der Waals surface area contributed by atoms with Gasteiger partial charge in [0, 0.05) is 22.5 Å². The number of carbonyl (C=O) groups is 1. The summed E-state index contributed by atoms with van der Waals surface area (Å²) >= 11 is 6.84. The maximum atomic E-state index is 12.4. The maximum absolute atomic E-state index is 12.4. The monoisotopic (exact) mass is 409 g/mol. The van der Waals surface area contributed by atoms with E-state index in [4.69, 9.17) is 0 Å². The van der Waals surface area contributed by atoms with E-state index in [9.17, 15) is 4.79 Å². The summed E-state index contributed by atoms with van der Waals surface area (Å²) in [6.07, 6.45) is 1.94. The van der Waals surface area contributed by atoms with E-state index < -0.39 is 0 Å². The van der Waals surface area contributed by atoms with Gasteiger partial charge in [-0.3, -0.25) is 4.79 Å². The highest BCUT2D eigenvalue weighted by Crippen LogP contribution is 2.22. The fourth-order valence-corrected chi connectivity index (χ4v) is 2.91. The van der Waals surface area contributed by atoms with Crippen LogP contribution < -0.4 is 0 Å². The first-order chi connectivity index (χ1) is 10.1. The molecule has 1 amide bonds.